The van der Waals surface area contributed by atoms with Gasteiger partial charge in [0.1, 0.15) is 6.61 Å². The Labute approximate surface area is 195 Å². The zero-order chi connectivity index (χ0) is 24.9. The van der Waals surface area contributed by atoms with E-state index in [9.17, 15) is 22.8 Å². The molecule has 0 amide bonds. The number of aryl methyl sites for hydroxylation is 1. The number of benzene rings is 3. The van der Waals surface area contributed by atoms with E-state index in [1.807, 2.05) is 0 Å². The van der Waals surface area contributed by atoms with Gasteiger partial charge in [-0.2, -0.15) is 13.2 Å². The molecule has 178 valence electrons. The number of alkyl halides is 3. The molecule has 0 aliphatic rings. The van der Waals surface area contributed by atoms with Gasteiger partial charge >= 0.3 is 18.1 Å². The summed E-state index contributed by atoms with van der Waals surface area (Å²) in [5.74, 6) is -2.16. The summed E-state index contributed by atoms with van der Waals surface area (Å²) in [5, 5.41) is 0. The molecular weight excluding hydrogens is 449 g/mol. The third kappa shape index (κ3) is 4.54. The molecular formula is C26H23F3O5. The minimum atomic E-state index is -5.08. The van der Waals surface area contributed by atoms with E-state index < -0.39 is 35.9 Å². The molecule has 0 aliphatic heterocycles. The van der Waals surface area contributed by atoms with Crippen molar-refractivity contribution in [3.63, 3.8) is 0 Å². The molecule has 5 nitrogen and oxygen atoms in total. The molecule has 0 aliphatic carbocycles. The van der Waals surface area contributed by atoms with E-state index in [0.29, 0.717) is 16.7 Å². The molecule has 1 atom stereocenters. The SMILES string of the molecule is COC(=O)c1cccc(C)c1-c1ccccc1COC(=O)[C@@](OC)(c1ccccc1)C(F)(F)F. The summed E-state index contributed by atoms with van der Waals surface area (Å²) in [6.07, 6.45) is -5.08. The van der Waals surface area contributed by atoms with Crippen molar-refractivity contribution in [1.29, 1.82) is 0 Å². The van der Waals surface area contributed by atoms with E-state index in [1.165, 1.54) is 25.3 Å². The third-order valence-corrected chi connectivity index (χ3v) is 5.50. The van der Waals surface area contributed by atoms with Crippen molar-refractivity contribution >= 4 is 11.9 Å². The van der Waals surface area contributed by atoms with Gasteiger partial charge in [0.15, 0.2) is 0 Å². The van der Waals surface area contributed by atoms with Crippen molar-refractivity contribution in [2.24, 2.45) is 0 Å². The van der Waals surface area contributed by atoms with E-state index in [1.54, 1.807) is 49.4 Å². The first-order valence-corrected chi connectivity index (χ1v) is 10.3. The van der Waals surface area contributed by atoms with Crippen LogP contribution in [0, 0.1) is 6.92 Å². The predicted molar refractivity (Wildman–Crippen MR) is 119 cm³/mol. The lowest BCUT2D eigenvalue weighted by Crippen LogP contribution is -2.51. The van der Waals surface area contributed by atoms with Gasteiger partial charge in [0.2, 0.25) is 0 Å². The summed E-state index contributed by atoms with van der Waals surface area (Å²) < 4.78 is 57.3. The first-order chi connectivity index (χ1) is 16.2. The molecule has 0 saturated heterocycles. The average Bonchev–Trinajstić information content (AvgIpc) is 2.83. The summed E-state index contributed by atoms with van der Waals surface area (Å²) in [6, 6.07) is 18.4. The Bertz CT molecular complexity index is 1170. The van der Waals surface area contributed by atoms with E-state index in [4.69, 9.17) is 14.2 Å². The second-order valence-corrected chi connectivity index (χ2v) is 7.47. The molecule has 0 bridgehead atoms. The van der Waals surface area contributed by atoms with Gasteiger partial charge in [-0.05, 0) is 35.2 Å². The Kier molecular flexibility index (Phi) is 7.41. The van der Waals surface area contributed by atoms with Crippen LogP contribution in [0.1, 0.15) is 27.0 Å². The Morgan fingerprint density at radius 1 is 0.853 bits per heavy atom. The van der Waals surface area contributed by atoms with Gasteiger partial charge in [0, 0.05) is 12.7 Å². The molecule has 0 heterocycles. The molecule has 3 aromatic rings. The van der Waals surface area contributed by atoms with Crippen LogP contribution in [0.5, 0.6) is 0 Å². The molecule has 0 aromatic heterocycles. The largest absolute Gasteiger partial charge is 0.465 e. The average molecular weight is 472 g/mol. The topological polar surface area (TPSA) is 61.8 Å². The lowest BCUT2D eigenvalue weighted by atomic mass is 9.91. The first-order valence-electron chi connectivity index (χ1n) is 10.3. The number of esters is 2. The summed E-state index contributed by atoms with van der Waals surface area (Å²) in [5.41, 5.74) is -1.17. The van der Waals surface area contributed by atoms with Crippen LogP contribution in [0.15, 0.2) is 72.8 Å². The fraction of sp³-hybridized carbons (Fsp3) is 0.231. The number of halogens is 3. The van der Waals surface area contributed by atoms with Crippen LogP contribution >= 0.6 is 0 Å². The zero-order valence-corrected chi connectivity index (χ0v) is 18.8. The number of hydrogen-bond donors (Lipinski definition) is 0. The van der Waals surface area contributed by atoms with E-state index in [-0.39, 0.29) is 5.56 Å². The van der Waals surface area contributed by atoms with Crippen molar-refractivity contribution in [1.82, 2.24) is 0 Å². The first kappa shape index (κ1) is 25.0. The van der Waals surface area contributed by atoms with Crippen molar-refractivity contribution in [2.45, 2.75) is 25.3 Å². The standard InChI is InChI=1S/C26H23F3O5/c1-17-10-9-15-21(23(30)32-2)22(17)20-14-8-7-11-18(20)16-34-24(31)25(33-3,26(27,28)29)19-12-5-4-6-13-19/h4-15H,16H2,1-3H3/t25-/m0/s1. The summed E-state index contributed by atoms with van der Waals surface area (Å²) in [4.78, 5) is 25.2. The molecule has 3 rings (SSSR count). The fourth-order valence-corrected chi connectivity index (χ4v) is 3.83. The van der Waals surface area contributed by atoms with Crippen molar-refractivity contribution in [3.8, 4) is 11.1 Å². The number of methoxy groups -OCH3 is 2. The highest BCUT2D eigenvalue weighted by molar-refractivity contribution is 5.98. The highest BCUT2D eigenvalue weighted by Crippen LogP contribution is 2.43. The molecule has 0 radical (unpaired) electrons. The Morgan fingerprint density at radius 3 is 2.12 bits per heavy atom. The van der Waals surface area contributed by atoms with E-state index in [2.05, 4.69) is 0 Å². The second kappa shape index (κ2) is 10.1. The van der Waals surface area contributed by atoms with Gasteiger partial charge in [-0.1, -0.05) is 66.7 Å². The van der Waals surface area contributed by atoms with Crippen LogP contribution in [0.4, 0.5) is 13.2 Å². The normalized spacial score (nSPS) is 13.1. The third-order valence-electron chi connectivity index (χ3n) is 5.50. The second-order valence-electron chi connectivity index (χ2n) is 7.47. The molecule has 8 heteroatoms. The molecule has 0 saturated carbocycles. The number of rotatable bonds is 7. The summed E-state index contributed by atoms with van der Waals surface area (Å²) in [6.45, 7) is 1.32. The van der Waals surface area contributed by atoms with Gasteiger partial charge in [-0.25, -0.2) is 9.59 Å². The zero-order valence-electron chi connectivity index (χ0n) is 18.8. The maximum Gasteiger partial charge on any atom is 0.432 e. The lowest BCUT2D eigenvalue weighted by molar-refractivity contribution is -0.276. The highest BCUT2D eigenvalue weighted by atomic mass is 19.4. The highest BCUT2D eigenvalue weighted by Gasteiger charge is 2.64. The van der Waals surface area contributed by atoms with Crippen LogP contribution in [-0.4, -0.2) is 32.3 Å². The minimum Gasteiger partial charge on any atom is -0.465 e. The number of carbonyl (C=O) groups excluding carboxylic acids is 2. The molecule has 0 unspecified atom stereocenters. The smallest absolute Gasteiger partial charge is 0.432 e. The van der Waals surface area contributed by atoms with Crippen LogP contribution in [0.2, 0.25) is 0 Å². The predicted octanol–water partition coefficient (Wildman–Crippen LogP) is 5.60. The number of ether oxygens (including phenoxy) is 3. The van der Waals surface area contributed by atoms with Crippen molar-refractivity contribution in [3.05, 3.63) is 95.1 Å². The quantitative estimate of drug-likeness (QED) is 0.419. The molecule has 0 fully saturated rings. The summed E-state index contributed by atoms with van der Waals surface area (Å²) in [7, 11) is 2.07. The monoisotopic (exact) mass is 472 g/mol. The van der Waals surface area contributed by atoms with Gasteiger partial charge in [0.25, 0.3) is 5.60 Å². The molecule has 0 N–H and O–H groups in total. The fourth-order valence-electron chi connectivity index (χ4n) is 3.83. The number of carbonyl (C=O) groups is 2. The molecule has 0 spiro atoms. The van der Waals surface area contributed by atoms with Crippen molar-refractivity contribution < 1.29 is 37.0 Å². The minimum absolute atomic E-state index is 0.284. The van der Waals surface area contributed by atoms with Crippen molar-refractivity contribution in [2.75, 3.05) is 14.2 Å². The maximum absolute atomic E-state index is 14.1. The van der Waals surface area contributed by atoms with Crippen LogP contribution in [0.3, 0.4) is 0 Å². The van der Waals surface area contributed by atoms with Gasteiger partial charge in [-0.15, -0.1) is 0 Å². The van der Waals surface area contributed by atoms with Crippen LogP contribution < -0.4 is 0 Å². The Hall–Kier alpha value is -3.65. The number of hydrogen-bond acceptors (Lipinski definition) is 5. The van der Waals surface area contributed by atoms with Gasteiger partial charge in [0.05, 0.1) is 12.7 Å². The van der Waals surface area contributed by atoms with Gasteiger partial charge < -0.3 is 14.2 Å². The molecule has 34 heavy (non-hydrogen) atoms. The Balaban J connectivity index is 2.01. The lowest BCUT2D eigenvalue weighted by Gasteiger charge is -2.32. The van der Waals surface area contributed by atoms with E-state index in [0.717, 1.165) is 24.8 Å². The van der Waals surface area contributed by atoms with Crippen LogP contribution in [0.25, 0.3) is 11.1 Å². The molecule has 3 aromatic carbocycles. The maximum atomic E-state index is 14.1. The summed E-state index contributed by atoms with van der Waals surface area (Å²) >= 11 is 0. The van der Waals surface area contributed by atoms with Gasteiger partial charge in [-0.3, -0.25) is 0 Å². The van der Waals surface area contributed by atoms with Crippen LogP contribution in [-0.2, 0) is 31.2 Å². The van der Waals surface area contributed by atoms with E-state index >= 15 is 0 Å². The Morgan fingerprint density at radius 2 is 1.50 bits per heavy atom.